The summed E-state index contributed by atoms with van der Waals surface area (Å²) in [5.41, 5.74) is 8.43. The Balaban J connectivity index is 0.829. The number of amides is 6. The summed E-state index contributed by atoms with van der Waals surface area (Å²) in [7, 11) is 1.83. The van der Waals surface area contributed by atoms with E-state index in [1.807, 2.05) is 34.8 Å². The lowest BCUT2D eigenvalue weighted by Gasteiger charge is -2.37. The van der Waals surface area contributed by atoms with Crippen molar-refractivity contribution < 1.29 is 24.0 Å². The Morgan fingerprint density at radius 3 is 2.59 bits per heavy atom. The molecule has 6 aliphatic rings. The Bertz CT molecular complexity index is 2100. The molecule has 18 nitrogen and oxygen atoms in total. The first-order chi connectivity index (χ1) is 27.1. The van der Waals surface area contributed by atoms with E-state index in [-0.39, 0.29) is 29.5 Å². The Hall–Kier alpha value is -5.78. The van der Waals surface area contributed by atoms with Crippen molar-refractivity contribution in [2.24, 2.45) is 11.7 Å². The average molecular weight is 766 g/mol. The summed E-state index contributed by atoms with van der Waals surface area (Å²) < 4.78 is 1.98. The number of nitrogens with one attached hydrogen (secondary N) is 2. The van der Waals surface area contributed by atoms with Gasteiger partial charge in [-0.15, -0.1) is 0 Å². The van der Waals surface area contributed by atoms with Gasteiger partial charge in [0.2, 0.25) is 5.91 Å². The van der Waals surface area contributed by atoms with Crippen molar-refractivity contribution in [3.8, 4) is 0 Å². The molecule has 6 aliphatic heterocycles. The van der Waals surface area contributed by atoms with E-state index in [0.717, 1.165) is 81.2 Å². The third-order valence-electron chi connectivity index (χ3n) is 12.2. The number of rotatable bonds is 9. The van der Waals surface area contributed by atoms with Crippen molar-refractivity contribution in [3.63, 3.8) is 0 Å². The minimum Gasteiger partial charge on any atom is -0.371 e. The fourth-order valence-corrected chi connectivity index (χ4v) is 9.19. The van der Waals surface area contributed by atoms with E-state index in [0.29, 0.717) is 67.8 Å². The lowest BCUT2D eigenvalue weighted by atomic mass is 10.0. The van der Waals surface area contributed by atoms with Gasteiger partial charge >= 0.3 is 6.03 Å². The Kier molecular flexibility index (Phi) is 9.22. The van der Waals surface area contributed by atoms with Gasteiger partial charge in [0.15, 0.2) is 17.3 Å². The number of likely N-dealkylation sites (N-methyl/N-ethyl adjacent to an activating group) is 1. The fraction of sp³-hybridized carbons (Fsp3) is 0.526. The smallest absolute Gasteiger partial charge is 0.320 e. The second kappa shape index (κ2) is 14.4. The first-order valence-electron chi connectivity index (χ1n) is 19.7. The number of hydrogen-bond acceptors (Lipinski definition) is 12. The van der Waals surface area contributed by atoms with Gasteiger partial charge in [0.05, 0.1) is 35.6 Å². The van der Waals surface area contributed by atoms with Crippen LogP contribution in [0.2, 0.25) is 0 Å². The number of carbonyl (C=O) groups excluding carboxylic acids is 5. The molecule has 0 radical (unpaired) electrons. The van der Waals surface area contributed by atoms with Gasteiger partial charge in [-0.2, -0.15) is 5.10 Å². The maximum Gasteiger partial charge on any atom is 0.320 e. The molecule has 4 fully saturated rings. The minimum atomic E-state index is -0.758. The lowest BCUT2D eigenvalue weighted by Crippen LogP contribution is -2.52. The quantitative estimate of drug-likeness (QED) is 0.263. The van der Waals surface area contributed by atoms with Crippen molar-refractivity contribution in [1.29, 1.82) is 0 Å². The first kappa shape index (κ1) is 35.9. The molecule has 0 spiro atoms. The molecule has 294 valence electrons. The highest BCUT2D eigenvalue weighted by Gasteiger charge is 2.44. The van der Waals surface area contributed by atoms with Gasteiger partial charge in [-0.1, -0.05) is 0 Å². The van der Waals surface area contributed by atoms with Crippen molar-refractivity contribution in [1.82, 2.24) is 44.7 Å². The number of aromatic nitrogens is 4. The molecule has 4 N–H and O–H groups in total. The van der Waals surface area contributed by atoms with Crippen LogP contribution in [-0.2, 0) is 17.9 Å². The molecule has 2 aromatic heterocycles. The van der Waals surface area contributed by atoms with Crippen molar-refractivity contribution in [2.45, 2.75) is 57.3 Å². The predicted octanol–water partition coefficient (Wildman–Crippen LogP) is 1.07. The monoisotopic (exact) mass is 765 g/mol. The van der Waals surface area contributed by atoms with E-state index in [4.69, 9.17) is 15.8 Å². The molecule has 8 heterocycles. The van der Waals surface area contributed by atoms with Crippen LogP contribution >= 0.6 is 0 Å². The molecule has 56 heavy (non-hydrogen) atoms. The molecule has 0 saturated carbocycles. The Labute approximate surface area is 323 Å². The molecule has 6 amide bonds. The molecular weight excluding hydrogens is 719 g/mol. The van der Waals surface area contributed by atoms with E-state index in [2.05, 4.69) is 30.3 Å². The van der Waals surface area contributed by atoms with Crippen LogP contribution in [0.15, 0.2) is 30.5 Å². The summed E-state index contributed by atoms with van der Waals surface area (Å²) in [5, 5.41) is 10.8. The number of carbonyl (C=O) groups is 5. The van der Waals surface area contributed by atoms with E-state index in [9.17, 15) is 24.0 Å². The third kappa shape index (κ3) is 6.54. The van der Waals surface area contributed by atoms with E-state index in [1.165, 1.54) is 0 Å². The molecule has 4 saturated heterocycles. The Morgan fingerprint density at radius 1 is 0.929 bits per heavy atom. The summed E-state index contributed by atoms with van der Waals surface area (Å²) in [6.07, 6.45) is 5.60. The molecule has 0 aliphatic carbocycles. The number of nitrogens with two attached hydrogens (primary N) is 1. The summed E-state index contributed by atoms with van der Waals surface area (Å²) in [5.74, 6) is 0.0658. The molecule has 18 heteroatoms. The van der Waals surface area contributed by atoms with Gasteiger partial charge in [0.25, 0.3) is 17.7 Å². The number of urea groups is 1. The van der Waals surface area contributed by atoms with Crippen LogP contribution in [0.1, 0.15) is 69.0 Å². The summed E-state index contributed by atoms with van der Waals surface area (Å²) in [6, 6.07) is 6.79. The van der Waals surface area contributed by atoms with Crippen LogP contribution in [0.3, 0.4) is 0 Å². The van der Waals surface area contributed by atoms with Crippen LogP contribution in [0.5, 0.6) is 0 Å². The van der Waals surface area contributed by atoms with Gasteiger partial charge in [-0.05, 0) is 56.2 Å². The SMILES string of the molecule is CN1CCN([C@H]2CCCN(c3cnc(C(N)=O)c(Nc4cc5n(n4)CCN(C[C@@H]4CCN(c6ccc7c(c6)C(=O)N(C6CCCNC6=O)C7=O)C4)C5)n3)C2)C1=O. The second-order valence-electron chi connectivity index (χ2n) is 15.8. The van der Waals surface area contributed by atoms with Crippen molar-refractivity contribution in [3.05, 3.63) is 53.0 Å². The van der Waals surface area contributed by atoms with Crippen LogP contribution in [0.4, 0.5) is 27.9 Å². The average Bonchev–Trinajstić information content (AvgIpc) is 3.97. The number of hydrogen-bond donors (Lipinski definition) is 3. The van der Waals surface area contributed by atoms with Crippen LogP contribution in [-0.4, -0.2) is 147 Å². The van der Waals surface area contributed by atoms with Crippen LogP contribution in [0, 0.1) is 5.92 Å². The molecule has 1 unspecified atom stereocenters. The zero-order chi connectivity index (χ0) is 38.7. The van der Waals surface area contributed by atoms with E-state index in [1.54, 1.807) is 17.2 Å². The van der Waals surface area contributed by atoms with Crippen molar-refractivity contribution >= 4 is 52.8 Å². The van der Waals surface area contributed by atoms with Gasteiger partial charge in [0, 0.05) is 84.2 Å². The summed E-state index contributed by atoms with van der Waals surface area (Å²) in [6.45, 7) is 8.19. The number of primary amides is 1. The summed E-state index contributed by atoms with van der Waals surface area (Å²) in [4.78, 5) is 85.0. The zero-order valence-corrected chi connectivity index (χ0v) is 31.5. The molecule has 9 rings (SSSR count). The number of piperidine rings is 2. The van der Waals surface area contributed by atoms with Gasteiger partial charge in [0.1, 0.15) is 11.9 Å². The number of anilines is 4. The van der Waals surface area contributed by atoms with Gasteiger partial charge in [-0.25, -0.2) is 14.8 Å². The number of nitrogens with zero attached hydrogens (tertiary/aromatic N) is 10. The van der Waals surface area contributed by atoms with Crippen LogP contribution < -0.4 is 26.2 Å². The largest absolute Gasteiger partial charge is 0.371 e. The molecule has 1 aromatic carbocycles. The first-order valence-corrected chi connectivity index (χ1v) is 19.7. The Morgan fingerprint density at radius 2 is 1.79 bits per heavy atom. The molecular formula is C38H47N13O5. The van der Waals surface area contributed by atoms with Gasteiger partial charge < -0.3 is 36.0 Å². The second-order valence-corrected chi connectivity index (χ2v) is 15.8. The van der Waals surface area contributed by atoms with Gasteiger partial charge in [-0.3, -0.25) is 33.7 Å². The third-order valence-corrected chi connectivity index (χ3v) is 12.2. The normalized spacial score (nSPS) is 24.2. The standard InChI is InChI=1S/C38H47N13O5/c1-45-12-14-49(38(45)56)25-4-3-10-48(22-25)31-18-41-32(33(39)52)34(43-31)42-30-17-26-21-46(13-15-50(26)44-30)19-23-8-11-47(20-23)24-6-7-27-28(16-24)37(55)51(36(27)54)29-5-2-9-40-35(29)53/h6-7,16-18,23,25,29H,2-5,8-15,19-22H2,1H3,(H2,39,52)(H,40,53)(H,42,43,44)/t23-,25-,29?/m0/s1. The molecule has 0 bridgehead atoms. The fourth-order valence-electron chi connectivity index (χ4n) is 9.19. The molecule has 3 aromatic rings. The maximum absolute atomic E-state index is 13.4. The highest BCUT2D eigenvalue weighted by molar-refractivity contribution is 6.23. The topological polar surface area (TPSA) is 198 Å². The van der Waals surface area contributed by atoms with E-state index < -0.39 is 23.8 Å². The molecule has 3 atom stereocenters. The summed E-state index contributed by atoms with van der Waals surface area (Å²) >= 11 is 0. The van der Waals surface area contributed by atoms with Crippen LogP contribution in [0.25, 0.3) is 0 Å². The highest BCUT2D eigenvalue weighted by Crippen LogP contribution is 2.33. The minimum absolute atomic E-state index is 0.0327. The number of imide groups is 1. The lowest BCUT2D eigenvalue weighted by molar-refractivity contribution is -0.126. The van der Waals surface area contributed by atoms with Crippen molar-refractivity contribution in [2.75, 3.05) is 81.1 Å². The number of benzene rings is 1. The highest BCUT2D eigenvalue weighted by atomic mass is 16.2. The zero-order valence-electron chi connectivity index (χ0n) is 31.5. The number of fused-ring (bicyclic) bond motifs is 2. The van der Waals surface area contributed by atoms with E-state index >= 15 is 0 Å². The predicted molar refractivity (Wildman–Crippen MR) is 205 cm³/mol. The maximum atomic E-state index is 13.4.